The smallest absolute Gasteiger partial charge is 0.328 e. The van der Waals surface area contributed by atoms with Crippen LogP contribution in [-0.4, -0.2) is 42.7 Å². The molecule has 2 aromatic carbocycles. The lowest BCUT2D eigenvalue weighted by Gasteiger charge is -2.19. The molecule has 0 saturated carbocycles. The molecular formula is C23H20N4O4S. The summed E-state index contributed by atoms with van der Waals surface area (Å²) in [4.78, 5) is 30.9. The third-order valence-corrected chi connectivity index (χ3v) is 7.53. The van der Waals surface area contributed by atoms with Crippen LogP contribution in [-0.2, 0) is 16.4 Å². The Kier molecular flexibility index (Phi) is 4.90. The first-order chi connectivity index (χ1) is 15.4. The van der Waals surface area contributed by atoms with Crippen LogP contribution in [0.4, 0.5) is 10.5 Å². The van der Waals surface area contributed by atoms with Gasteiger partial charge in [-0.2, -0.15) is 0 Å². The number of urea groups is 1. The zero-order valence-electron chi connectivity index (χ0n) is 17.0. The predicted octanol–water partition coefficient (Wildman–Crippen LogP) is 2.74. The molecule has 0 bridgehead atoms. The third kappa shape index (κ3) is 3.40. The molecule has 5 rings (SSSR count). The number of nitrogens with one attached hydrogen (secondary N) is 1. The molecule has 1 atom stereocenters. The molecule has 1 N–H and O–H groups in total. The standard InChI is InChI=1S/C23H20N4O4S/c28-22(17-8-11-24-12-9-17)26-13-10-18-14-19(6-7-21(18)26)32(30,31)27-15-20(25-23(27)29)16-4-2-1-3-5-16/h1-9,11-12,14,20H,10,13,15H2,(H,25,29)/t20-/m1/s1. The number of hydrogen-bond donors (Lipinski definition) is 1. The van der Waals surface area contributed by atoms with Gasteiger partial charge in [-0.05, 0) is 47.9 Å². The van der Waals surface area contributed by atoms with Gasteiger partial charge in [-0.1, -0.05) is 30.3 Å². The summed E-state index contributed by atoms with van der Waals surface area (Å²) in [5.41, 5.74) is 2.80. The summed E-state index contributed by atoms with van der Waals surface area (Å²) >= 11 is 0. The predicted molar refractivity (Wildman–Crippen MR) is 118 cm³/mol. The van der Waals surface area contributed by atoms with Gasteiger partial charge in [0.1, 0.15) is 0 Å². The van der Waals surface area contributed by atoms with Crippen LogP contribution >= 0.6 is 0 Å². The normalized spacial score (nSPS) is 17.9. The van der Waals surface area contributed by atoms with Crippen molar-refractivity contribution in [3.8, 4) is 0 Å². The Hall–Kier alpha value is -3.72. The van der Waals surface area contributed by atoms with E-state index in [0.29, 0.717) is 24.2 Å². The van der Waals surface area contributed by atoms with Crippen molar-refractivity contribution in [2.24, 2.45) is 0 Å². The third-order valence-electron chi connectivity index (χ3n) is 5.78. The number of rotatable bonds is 4. The molecule has 162 valence electrons. The van der Waals surface area contributed by atoms with E-state index in [4.69, 9.17) is 0 Å². The number of hydrogen-bond acceptors (Lipinski definition) is 5. The van der Waals surface area contributed by atoms with E-state index in [2.05, 4.69) is 10.3 Å². The topological polar surface area (TPSA) is 99.7 Å². The van der Waals surface area contributed by atoms with Gasteiger partial charge < -0.3 is 10.2 Å². The lowest BCUT2D eigenvalue weighted by Crippen LogP contribution is -2.34. The average Bonchev–Trinajstić information content (AvgIpc) is 3.43. The van der Waals surface area contributed by atoms with E-state index in [0.717, 1.165) is 15.4 Å². The summed E-state index contributed by atoms with van der Waals surface area (Å²) in [5.74, 6) is -0.161. The Morgan fingerprint density at radius 3 is 2.53 bits per heavy atom. The van der Waals surface area contributed by atoms with E-state index in [1.165, 1.54) is 6.07 Å². The van der Waals surface area contributed by atoms with E-state index in [-0.39, 0.29) is 17.3 Å². The summed E-state index contributed by atoms with van der Waals surface area (Å²) in [6.45, 7) is 0.481. The molecule has 0 radical (unpaired) electrons. The highest BCUT2D eigenvalue weighted by Crippen LogP contribution is 2.33. The number of carbonyl (C=O) groups is 2. The van der Waals surface area contributed by atoms with Gasteiger partial charge in [0.05, 0.1) is 17.5 Å². The van der Waals surface area contributed by atoms with Crippen molar-refractivity contribution in [2.45, 2.75) is 17.4 Å². The van der Waals surface area contributed by atoms with Gasteiger partial charge in [-0.15, -0.1) is 0 Å². The first-order valence-corrected chi connectivity index (χ1v) is 11.6. The Bertz CT molecular complexity index is 1300. The van der Waals surface area contributed by atoms with Crippen LogP contribution in [0.5, 0.6) is 0 Å². The van der Waals surface area contributed by atoms with Crippen molar-refractivity contribution in [3.63, 3.8) is 0 Å². The SMILES string of the molecule is O=C(c1ccncc1)N1CCc2cc(S(=O)(=O)N3C[C@H](c4ccccc4)NC3=O)ccc21. The highest BCUT2D eigenvalue weighted by Gasteiger charge is 2.39. The fourth-order valence-corrected chi connectivity index (χ4v) is 5.53. The minimum atomic E-state index is -4.03. The maximum absolute atomic E-state index is 13.2. The van der Waals surface area contributed by atoms with Crippen molar-refractivity contribution in [2.75, 3.05) is 18.0 Å². The Balaban J connectivity index is 1.40. The van der Waals surface area contributed by atoms with Gasteiger partial charge in [0.25, 0.3) is 15.9 Å². The molecule has 0 spiro atoms. The molecule has 3 amide bonds. The summed E-state index contributed by atoms with van der Waals surface area (Å²) in [6, 6.07) is 16.2. The summed E-state index contributed by atoms with van der Waals surface area (Å²) in [6.07, 6.45) is 3.65. The molecule has 32 heavy (non-hydrogen) atoms. The van der Waals surface area contributed by atoms with Gasteiger partial charge in [-0.25, -0.2) is 17.5 Å². The Morgan fingerprint density at radius 2 is 1.78 bits per heavy atom. The molecule has 8 nitrogen and oxygen atoms in total. The highest BCUT2D eigenvalue weighted by molar-refractivity contribution is 7.89. The van der Waals surface area contributed by atoms with Crippen LogP contribution in [0.15, 0.2) is 78.0 Å². The molecule has 3 heterocycles. The minimum absolute atomic E-state index is 0.0227. The zero-order chi connectivity index (χ0) is 22.3. The van der Waals surface area contributed by atoms with Crippen LogP contribution in [0.25, 0.3) is 0 Å². The first kappa shape index (κ1) is 20.2. The monoisotopic (exact) mass is 448 g/mol. The molecular weight excluding hydrogens is 428 g/mol. The number of anilines is 1. The highest BCUT2D eigenvalue weighted by atomic mass is 32.2. The van der Waals surface area contributed by atoms with Crippen LogP contribution in [0.1, 0.15) is 27.5 Å². The van der Waals surface area contributed by atoms with Crippen molar-refractivity contribution in [3.05, 3.63) is 89.7 Å². The maximum Gasteiger partial charge on any atom is 0.331 e. The van der Waals surface area contributed by atoms with E-state index >= 15 is 0 Å². The van der Waals surface area contributed by atoms with Gasteiger partial charge in [0.2, 0.25) is 0 Å². The van der Waals surface area contributed by atoms with E-state index in [1.807, 2.05) is 30.3 Å². The molecule has 2 aliphatic heterocycles. The van der Waals surface area contributed by atoms with Crippen LogP contribution < -0.4 is 10.2 Å². The Morgan fingerprint density at radius 1 is 1.03 bits per heavy atom. The molecule has 3 aromatic rings. The number of pyridine rings is 1. The van der Waals surface area contributed by atoms with Crippen LogP contribution in [0.2, 0.25) is 0 Å². The molecule has 9 heteroatoms. The van der Waals surface area contributed by atoms with Crippen LogP contribution in [0.3, 0.4) is 0 Å². The van der Waals surface area contributed by atoms with Crippen molar-refractivity contribution in [1.82, 2.24) is 14.6 Å². The number of benzene rings is 2. The van der Waals surface area contributed by atoms with Gasteiger partial charge in [0.15, 0.2) is 0 Å². The molecule has 2 aliphatic rings. The van der Waals surface area contributed by atoms with E-state index < -0.39 is 22.1 Å². The fraction of sp³-hybridized carbons (Fsp3) is 0.174. The van der Waals surface area contributed by atoms with Crippen molar-refractivity contribution in [1.29, 1.82) is 0 Å². The van der Waals surface area contributed by atoms with Crippen molar-refractivity contribution < 1.29 is 18.0 Å². The fourth-order valence-electron chi connectivity index (χ4n) is 4.12. The largest absolute Gasteiger partial charge is 0.331 e. The van der Waals surface area contributed by atoms with Crippen LogP contribution in [0, 0.1) is 0 Å². The van der Waals surface area contributed by atoms with Crippen molar-refractivity contribution >= 4 is 27.6 Å². The number of fused-ring (bicyclic) bond motifs is 1. The van der Waals surface area contributed by atoms with E-state index in [9.17, 15) is 18.0 Å². The molecule has 1 aromatic heterocycles. The lowest BCUT2D eigenvalue weighted by atomic mass is 10.1. The number of nitrogens with zero attached hydrogens (tertiary/aromatic N) is 3. The van der Waals surface area contributed by atoms with E-state index in [1.54, 1.807) is 41.6 Å². The molecule has 0 aliphatic carbocycles. The van der Waals surface area contributed by atoms with Gasteiger partial charge >= 0.3 is 6.03 Å². The lowest BCUT2D eigenvalue weighted by molar-refractivity contribution is 0.0989. The summed E-state index contributed by atoms with van der Waals surface area (Å²) < 4.78 is 27.3. The number of sulfonamides is 1. The Labute approximate surface area is 185 Å². The summed E-state index contributed by atoms with van der Waals surface area (Å²) in [7, 11) is -4.03. The maximum atomic E-state index is 13.2. The number of carbonyl (C=O) groups excluding carboxylic acids is 2. The number of amides is 3. The molecule has 1 saturated heterocycles. The van der Waals surface area contributed by atoms with Gasteiger partial charge in [0, 0.05) is 30.2 Å². The van der Waals surface area contributed by atoms with Gasteiger partial charge in [-0.3, -0.25) is 9.78 Å². The second kappa shape index (κ2) is 7.76. The molecule has 1 fully saturated rings. The second-order valence-corrected chi connectivity index (χ2v) is 9.54. The first-order valence-electron chi connectivity index (χ1n) is 10.2. The second-order valence-electron chi connectivity index (χ2n) is 7.68. The minimum Gasteiger partial charge on any atom is -0.328 e. The average molecular weight is 449 g/mol. The molecule has 0 unspecified atom stereocenters. The quantitative estimate of drug-likeness (QED) is 0.662. The number of aromatic nitrogens is 1. The zero-order valence-corrected chi connectivity index (χ0v) is 17.8. The summed E-state index contributed by atoms with van der Waals surface area (Å²) in [5, 5.41) is 2.74.